The van der Waals surface area contributed by atoms with Gasteiger partial charge in [0.1, 0.15) is 17.2 Å². The molecular formula is C48H62N8O7. The third kappa shape index (κ3) is 13.7. The summed E-state index contributed by atoms with van der Waals surface area (Å²) in [6.07, 6.45) is 3.38. The lowest BCUT2D eigenvalue weighted by atomic mass is 9.81. The number of rotatable bonds is 12. The van der Waals surface area contributed by atoms with Crippen LogP contribution in [0, 0.1) is 24.7 Å². The Morgan fingerprint density at radius 1 is 0.730 bits per heavy atom. The Balaban J connectivity index is 1.09. The number of alkyl carbamates (subject to hydrolysis) is 1. The molecule has 15 heteroatoms. The molecule has 1 atom stereocenters. The molecule has 0 unspecified atom stereocenters. The first-order valence-corrected chi connectivity index (χ1v) is 22.0. The highest BCUT2D eigenvalue weighted by Gasteiger charge is 2.32. The molecule has 0 spiro atoms. The minimum Gasteiger partial charge on any atom is -0.444 e. The minimum absolute atomic E-state index is 0.0744. The van der Waals surface area contributed by atoms with Gasteiger partial charge < -0.3 is 35.6 Å². The number of aliphatic imine (C=N–C) groups is 1. The molecule has 1 aliphatic carbocycles. The van der Waals surface area contributed by atoms with Crippen molar-refractivity contribution in [3.8, 4) is 11.1 Å². The smallest absolute Gasteiger partial charge is 0.410 e. The number of anilines is 2. The van der Waals surface area contributed by atoms with E-state index in [1.165, 1.54) is 0 Å². The van der Waals surface area contributed by atoms with Gasteiger partial charge in [-0.05, 0) is 145 Å². The van der Waals surface area contributed by atoms with E-state index in [-0.39, 0.29) is 48.0 Å². The molecule has 63 heavy (non-hydrogen) atoms. The van der Waals surface area contributed by atoms with E-state index in [9.17, 15) is 24.0 Å². The molecule has 336 valence electrons. The highest BCUT2D eigenvalue weighted by atomic mass is 16.6. The van der Waals surface area contributed by atoms with Gasteiger partial charge in [0.05, 0.1) is 0 Å². The molecule has 0 bridgehead atoms. The third-order valence-electron chi connectivity index (χ3n) is 11.4. The van der Waals surface area contributed by atoms with E-state index in [0.717, 1.165) is 46.3 Å². The second-order valence-corrected chi connectivity index (χ2v) is 18.8. The summed E-state index contributed by atoms with van der Waals surface area (Å²) in [5.74, 6) is -0.307. The maximum atomic E-state index is 13.9. The average molecular weight is 863 g/mol. The summed E-state index contributed by atoms with van der Waals surface area (Å²) in [6.45, 7) is 14.6. The predicted molar refractivity (Wildman–Crippen MR) is 242 cm³/mol. The lowest BCUT2D eigenvalue weighted by molar-refractivity contribution is -0.130. The number of benzene rings is 3. The van der Waals surface area contributed by atoms with Crippen LogP contribution in [0.1, 0.15) is 96.8 Å². The summed E-state index contributed by atoms with van der Waals surface area (Å²) in [4.78, 5) is 71.8. The lowest BCUT2D eigenvalue weighted by Gasteiger charge is -2.33. The van der Waals surface area contributed by atoms with Crippen LogP contribution in [0.25, 0.3) is 11.1 Å². The predicted octanol–water partition coefficient (Wildman–Crippen LogP) is 8.41. The van der Waals surface area contributed by atoms with Crippen LogP contribution in [0.4, 0.5) is 21.0 Å². The van der Waals surface area contributed by atoms with Crippen molar-refractivity contribution in [2.75, 3.05) is 36.9 Å². The molecule has 2 fully saturated rings. The number of carbonyl (C=O) groups is 5. The van der Waals surface area contributed by atoms with Crippen molar-refractivity contribution in [2.24, 2.45) is 33.0 Å². The van der Waals surface area contributed by atoms with Crippen LogP contribution >= 0.6 is 0 Å². The Morgan fingerprint density at radius 3 is 1.97 bits per heavy atom. The zero-order valence-corrected chi connectivity index (χ0v) is 37.6. The number of likely N-dealkylation sites (tertiary alicyclic amines) is 1. The van der Waals surface area contributed by atoms with Gasteiger partial charge in [-0.2, -0.15) is 5.11 Å². The summed E-state index contributed by atoms with van der Waals surface area (Å²) >= 11 is 0. The number of nitrogens with zero attached hydrogens (tertiary/aromatic N) is 4. The lowest BCUT2D eigenvalue weighted by Crippen LogP contribution is -2.48. The molecule has 0 radical (unpaired) electrons. The highest BCUT2D eigenvalue weighted by Crippen LogP contribution is 2.30. The van der Waals surface area contributed by atoms with Gasteiger partial charge in [-0.25, -0.2) is 14.6 Å². The van der Waals surface area contributed by atoms with Gasteiger partial charge in [0.2, 0.25) is 17.7 Å². The second kappa shape index (κ2) is 20.4. The number of hydrogen-bond acceptors (Lipinski definition) is 10. The van der Waals surface area contributed by atoms with Crippen molar-refractivity contribution in [3.63, 3.8) is 0 Å². The molecular weight excluding hydrogens is 801 g/mol. The van der Waals surface area contributed by atoms with E-state index in [1.807, 2.05) is 103 Å². The number of carbonyl (C=O) groups excluding carboxylic acids is 5. The molecule has 0 aromatic heterocycles. The first kappa shape index (κ1) is 46.4. The van der Waals surface area contributed by atoms with Gasteiger partial charge in [-0.1, -0.05) is 36.4 Å². The summed E-state index contributed by atoms with van der Waals surface area (Å²) < 4.78 is 10.9. The van der Waals surface area contributed by atoms with E-state index in [2.05, 4.69) is 36.5 Å². The van der Waals surface area contributed by atoms with Crippen LogP contribution in [0.3, 0.4) is 0 Å². The topological polar surface area (TPSA) is 192 Å². The summed E-state index contributed by atoms with van der Waals surface area (Å²) in [6, 6.07) is 20.1. The van der Waals surface area contributed by atoms with Gasteiger partial charge in [-0.3, -0.25) is 14.4 Å². The van der Waals surface area contributed by atoms with Crippen LogP contribution in [0.15, 0.2) is 82.0 Å². The maximum Gasteiger partial charge on any atom is 0.410 e. The van der Waals surface area contributed by atoms with Crippen molar-refractivity contribution < 1.29 is 33.4 Å². The molecule has 3 aromatic rings. The Kier molecular flexibility index (Phi) is 15.0. The van der Waals surface area contributed by atoms with Crippen molar-refractivity contribution in [1.82, 2.24) is 15.5 Å². The Morgan fingerprint density at radius 2 is 1.35 bits per heavy atom. The Labute approximate surface area is 370 Å². The summed E-state index contributed by atoms with van der Waals surface area (Å²) in [5, 5.41) is 20.0. The van der Waals surface area contributed by atoms with Crippen molar-refractivity contribution in [1.29, 1.82) is 0 Å². The number of amidine groups is 1. The van der Waals surface area contributed by atoms with Crippen LogP contribution in [-0.2, 0) is 30.3 Å². The van der Waals surface area contributed by atoms with Gasteiger partial charge >= 0.3 is 12.2 Å². The monoisotopic (exact) mass is 862 g/mol. The van der Waals surface area contributed by atoms with Gasteiger partial charge in [0.25, 0.3) is 0 Å². The highest BCUT2D eigenvalue weighted by molar-refractivity contribution is 6.01. The van der Waals surface area contributed by atoms with E-state index in [0.29, 0.717) is 63.5 Å². The van der Waals surface area contributed by atoms with Crippen LogP contribution in [0.2, 0.25) is 0 Å². The fourth-order valence-corrected chi connectivity index (χ4v) is 7.87. The first-order chi connectivity index (χ1) is 29.9. The van der Waals surface area contributed by atoms with E-state index in [4.69, 9.17) is 9.47 Å². The summed E-state index contributed by atoms with van der Waals surface area (Å²) in [5.41, 5.74) is 4.54. The zero-order chi connectivity index (χ0) is 45.3. The number of amides is 5. The summed E-state index contributed by atoms with van der Waals surface area (Å²) in [7, 11) is 0. The van der Waals surface area contributed by atoms with E-state index in [1.54, 1.807) is 17.0 Å². The minimum atomic E-state index is -0.861. The number of piperidine rings is 1. The molecule has 1 saturated carbocycles. The SMILES string of the molecule is Cc1ccc(-c2ccc(C[C@H](NC(=O)C3CCC(CNC(=O)OC(C)(C)C)CC3)C(=O)Nc3ccc(C4=NCN=N4)cc3)cc2)cc1NC(=O)C1CCN(C(=O)OC(C)(C)C)CC1. The first-order valence-electron chi connectivity index (χ1n) is 22.0. The molecule has 2 aliphatic heterocycles. The van der Waals surface area contributed by atoms with Crippen LogP contribution < -0.4 is 21.3 Å². The normalized spacial score (nSPS) is 18.5. The van der Waals surface area contributed by atoms with Gasteiger partial charge in [0.15, 0.2) is 12.5 Å². The molecule has 15 nitrogen and oxygen atoms in total. The van der Waals surface area contributed by atoms with E-state index >= 15 is 0 Å². The van der Waals surface area contributed by atoms with Gasteiger partial charge in [-0.15, -0.1) is 5.11 Å². The van der Waals surface area contributed by atoms with Gasteiger partial charge in [0, 0.05) is 54.8 Å². The van der Waals surface area contributed by atoms with Crippen molar-refractivity contribution >= 4 is 47.1 Å². The molecule has 4 N–H and O–H groups in total. The number of nitrogens with one attached hydrogen (secondary N) is 4. The van der Waals surface area contributed by atoms with Crippen LogP contribution in [0.5, 0.6) is 0 Å². The standard InChI is InChI=1S/C48H62N8O7/c1-30-8-13-37(27-39(30)53-43(58)36-22-24-56(25-23-36)46(61)63-48(5,6)7)33-14-9-31(10-15-33)26-40(44(59)52-38-20-18-34(19-21-38)41-50-29-51-55-41)54-42(57)35-16-11-32(12-17-35)28-49-45(60)62-47(2,3)4/h8-10,13-15,18-21,27,32,35-36,40H,11-12,16-17,22-26,28-29H2,1-7H3,(H,49,60)(H,52,59)(H,53,58)(H,54,57)/t32?,35?,40-/m0/s1. The van der Waals surface area contributed by atoms with Crippen LogP contribution in [-0.4, -0.2) is 84.2 Å². The molecule has 5 amide bonds. The average Bonchev–Trinajstić information content (AvgIpc) is 3.78. The fourth-order valence-electron chi connectivity index (χ4n) is 7.87. The molecule has 2 heterocycles. The Hall–Kier alpha value is -6.12. The van der Waals surface area contributed by atoms with Crippen molar-refractivity contribution in [3.05, 3.63) is 83.4 Å². The zero-order valence-electron chi connectivity index (χ0n) is 37.6. The number of azo groups is 1. The second-order valence-electron chi connectivity index (χ2n) is 18.8. The molecule has 3 aromatic carbocycles. The quantitative estimate of drug-likeness (QED) is 0.140. The van der Waals surface area contributed by atoms with Crippen molar-refractivity contribution in [2.45, 2.75) is 111 Å². The fraction of sp³-hybridized carbons (Fsp3) is 0.500. The number of hydrogen-bond donors (Lipinski definition) is 4. The Bertz CT molecular complexity index is 2180. The molecule has 3 aliphatic rings. The molecule has 1 saturated heterocycles. The number of ether oxygens (including phenoxy) is 2. The van der Waals surface area contributed by atoms with E-state index < -0.39 is 23.3 Å². The largest absolute Gasteiger partial charge is 0.444 e. The molecule has 6 rings (SSSR count). The number of aryl methyl sites for hydroxylation is 1. The maximum absolute atomic E-state index is 13.9. The third-order valence-corrected chi connectivity index (χ3v) is 11.4.